The Morgan fingerprint density at radius 1 is 0.682 bits per heavy atom. The van der Waals surface area contributed by atoms with Crippen LogP contribution >= 0.6 is 67.8 Å². The van der Waals surface area contributed by atoms with Gasteiger partial charge in [0, 0.05) is 52.6 Å². The number of hydrogen-bond acceptors (Lipinski definition) is 12. The van der Waals surface area contributed by atoms with Gasteiger partial charge in [-0.2, -0.15) is 0 Å². The maximum atomic E-state index is 13.8. The Labute approximate surface area is 294 Å². The SMILES string of the molecule is COCNC(=O)c1c(I)c(C(=O)NCC(COC(C)=O)OC(C)=O)c(I)c(C(=O)N(C)CC(COC(C)=O)OC(C)=O)c1I. The number of likely N-dealkylation sites (N-methyl/N-ethyl adjacent to an activating group) is 1. The first-order valence-electron chi connectivity index (χ1n) is 12.6. The Balaban J connectivity index is 3.59. The minimum Gasteiger partial charge on any atom is -0.462 e. The minimum absolute atomic E-state index is 0.00680. The lowest BCUT2D eigenvalue weighted by Crippen LogP contribution is -2.41. The third kappa shape index (κ3) is 12.6. The highest BCUT2D eigenvalue weighted by atomic mass is 127. The number of esters is 4. The Morgan fingerprint density at radius 3 is 1.57 bits per heavy atom. The molecule has 44 heavy (non-hydrogen) atoms. The number of amides is 3. The summed E-state index contributed by atoms with van der Waals surface area (Å²) in [6.45, 7) is 3.48. The Hall–Kier alpha value is -2.34. The van der Waals surface area contributed by atoms with Gasteiger partial charge in [0.2, 0.25) is 0 Å². The van der Waals surface area contributed by atoms with Gasteiger partial charge in [0.15, 0.2) is 12.2 Å². The van der Waals surface area contributed by atoms with Gasteiger partial charge in [0.25, 0.3) is 17.7 Å². The molecule has 0 aromatic heterocycles. The van der Waals surface area contributed by atoms with Crippen LogP contribution in [0.2, 0.25) is 0 Å². The molecule has 15 nitrogen and oxygen atoms in total. The summed E-state index contributed by atoms with van der Waals surface area (Å²) < 4.78 is 25.8. The van der Waals surface area contributed by atoms with E-state index in [1.165, 1.54) is 39.8 Å². The lowest BCUT2D eigenvalue weighted by molar-refractivity contribution is -0.156. The van der Waals surface area contributed by atoms with Crippen LogP contribution in [0.3, 0.4) is 0 Å². The zero-order valence-electron chi connectivity index (χ0n) is 24.7. The standard InChI is InChI=1S/C26H32I3N3O12/c1-12(33)41-9-16(43-14(3)35)7-30-24(37)18-21(27)19(25(38)31-11-40-6)23(29)20(22(18)28)26(39)32(5)8-17(44-15(4)36)10-42-13(2)34/h16-17H,7-11H2,1-6H3,(H,30,37)(H,31,38). The number of hydrogen-bond donors (Lipinski definition) is 2. The van der Waals surface area contributed by atoms with Crippen molar-refractivity contribution in [3.05, 3.63) is 27.4 Å². The van der Waals surface area contributed by atoms with Crippen LogP contribution in [-0.2, 0) is 42.9 Å². The number of methoxy groups -OCH3 is 1. The molecule has 0 heterocycles. The molecule has 1 rings (SSSR count). The van der Waals surface area contributed by atoms with Crippen molar-refractivity contribution in [2.24, 2.45) is 0 Å². The molecule has 1 aromatic carbocycles. The average Bonchev–Trinajstić information content (AvgIpc) is 2.91. The van der Waals surface area contributed by atoms with E-state index in [0.29, 0.717) is 0 Å². The van der Waals surface area contributed by atoms with Crippen LogP contribution in [-0.4, -0.2) is 106 Å². The topological polar surface area (TPSA) is 193 Å². The summed E-state index contributed by atoms with van der Waals surface area (Å²) in [4.78, 5) is 87.5. The molecule has 0 spiro atoms. The van der Waals surface area contributed by atoms with Crippen molar-refractivity contribution in [3.8, 4) is 0 Å². The van der Waals surface area contributed by atoms with E-state index in [9.17, 15) is 33.6 Å². The van der Waals surface area contributed by atoms with Gasteiger partial charge in [-0.1, -0.05) is 0 Å². The lowest BCUT2D eigenvalue weighted by Gasteiger charge is -2.26. The zero-order chi connectivity index (χ0) is 33.7. The summed E-state index contributed by atoms with van der Waals surface area (Å²) in [6.07, 6.45) is -2.00. The van der Waals surface area contributed by atoms with Crippen LogP contribution in [0.4, 0.5) is 0 Å². The lowest BCUT2D eigenvalue weighted by atomic mass is 10.0. The van der Waals surface area contributed by atoms with Gasteiger partial charge in [0.1, 0.15) is 19.9 Å². The smallest absolute Gasteiger partial charge is 0.303 e. The number of ether oxygens (including phenoxy) is 5. The highest BCUT2D eigenvalue weighted by Gasteiger charge is 2.33. The molecule has 0 fully saturated rings. The second kappa shape index (κ2) is 19.2. The summed E-state index contributed by atoms with van der Waals surface area (Å²) in [6, 6.07) is 0. The van der Waals surface area contributed by atoms with Gasteiger partial charge in [-0.3, -0.25) is 33.6 Å². The number of carbonyl (C=O) groups excluding carboxylic acids is 7. The molecule has 2 N–H and O–H groups in total. The number of benzene rings is 1. The van der Waals surface area contributed by atoms with Gasteiger partial charge in [-0.15, -0.1) is 0 Å². The molecular formula is C26H32I3N3O12. The van der Waals surface area contributed by atoms with E-state index < -0.39 is 53.8 Å². The van der Waals surface area contributed by atoms with Gasteiger partial charge in [0.05, 0.1) is 29.8 Å². The number of nitrogens with one attached hydrogen (secondary N) is 2. The van der Waals surface area contributed by atoms with E-state index in [0.717, 1.165) is 6.92 Å². The number of carbonyl (C=O) groups is 7. The van der Waals surface area contributed by atoms with E-state index in [-0.39, 0.29) is 60.4 Å². The van der Waals surface area contributed by atoms with Crippen LogP contribution in [0.5, 0.6) is 0 Å². The predicted molar refractivity (Wildman–Crippen MR) is 178 cm³/mol. The van der Waals surface area contributed by atoms with Crippen molar-refractivity contribution in [3.63, 3.8) is 0 Å². The summed E-state index contributed by atoms with van der Waals surface area (Å²) in [5.41, 5.74) is 0.0160. The molecule has 0 aliphatic carbocycles. The van der Waals surface area contributed by atoms with Crippen molar-refractivity contribution in [2.45, 2.75) is 39.9 Å². The Bertz CT molecular complexity index is 1290. The second-order valence-electron chi connectivity index (χ2n) is 8.97. The van der Waals surface area contributed by atoms with E-state index in [2.05, 4.69) is 10.6 Å². The monoisotopic (exact) mass is 959 g/mol. The van der Waals surface area contributed by atoms with Crippen molar-refractivity contribution in [2.75, 3.05) is 47.2 Å². The van der Waals surface area contributed by atoms with Crippen molar-refractivity contribution in [1.82, 2.24) is 15.5 Å². The van der Waals surface area contributed by atoms with E-state index >= 15 is 0 Å². The maximum Gasteiger partial charge on any atom is 0.303 e. The normalized spacial score (nSPS) is 11.8. The fraction of sp³-hybridized carbons (Fsp3) is 0.500. The highest BCUT2D eigenvalue weighted by Crippen LogP contribution is 2.33. The first-order valence-corrected chi connectivity index (χ1v) is 15.9. The number of halogens is 3. The van der Waals surface area contributed by atoms with Crippen LogP contribution in [0.1, 0.15) is 58.8 Å². The molecule has 2 unspecified atom stereocenters. The molecule has 0 saturated heterocycles. The summed E-state index contributed by atoms with van der Waals surface area (Å²) in [5.74, 6) is -4.50. The van der Waals surface area contributed by atoms with Crippen molar-refractivity contribution in [1.29, 1.82) is 0 Å². The van der Waals surface area contributed by atoms with Crippen LogP contribution in [0.25, 0.3) is 0 Å². The third-order valence-electron chi connectivity index (χ3n) is 5.29. The first-order chi connectivity index (χ1) is 20.5. The largest absolute Gasteiger partial charge is 0.462 e. The summed E-state index contributed by atoms with van der Waals surface area (Å²) in [7, 11) is 2.79. The molecule has 244 valence electrons. The predicted octanol–water partition coefficient (Wildman–Crippen LogP) is 1.63. The van der Waals surface area contributed by atoms with E-state index in [1.807, 2.05) is 67.8 Å². The van der Waals surface area contributed by atoms with Crippen molar-refractivity contribution >= 4 is 109 Å². The summed E-state index contributed by atoms with van der Waals surface area (Å²) in [5, 5.41) is 5.16. The summed E-state index contributed by atoms with van der Waals surface area (Å²) >= 11 is 5.49. The first kappa shape index (κ1) is 39.7. The molecule has 18 heteroatoms. The fourth-order valence-electron chi connectivity index (χ4n) is 3.50. The van der Waals surface area contributed by atoms with Gasteiger partial charge >= 0.3 is 23.9 Å². The Morgan fingerprint density at radius 2 is 1.11 bits per heavy atom. The van der Waals surface area contributed by atoms with Crippen LogP contribution in [0, 0.1) is 10.7 Å². The molecule has 0 saturated carbocycles. The van der Waals surface area contributed by atoms with Gasteiger partial charge in [-0.05, 0) is 67.8 Å². The molecule has 0 aliphatic rings. The van der Waals surface area contributed by atoms with Gasteiger partial charge in [-0.25, -0.2) is 0 Å². The molecular weight excluding hydrogens is 927 g/mol. The average molecular weight is 959 g/mol. The quantitative estimate of drug-likeness (QED) is 0.112. The molecule has 0 aliphatic heterocycles. The molecule has 2 atom stereocenters. The number of nitrogens with zero attached hydrogens (tertiary/aromatic N) is 1. The van der Waals surface area contributed by atoms with Gasteiger partial charge < -0.3 is 39.2 Å². The van der Waals surface area contributed by atoms with Crippen LogP contribution in [0.15, 0.2) is 0 Å². The molecule has 3 amide bonds. The maximum absolute atomic E-state index is 13.8. The second-order valence-corrected chi connectivity index (χ2v) is 12.2. The van der Waals surface area contributed by atoms with E-state index in [4.69, 9.17) is 23.7 Å². The highest BCUT2D eigenvalue weighted by molar-refractivity contribution is 14.1. The van der Waals surface area contributed by atoms with Crippen molar-refractivity contribution < 1.29 is 57.2 Å². The third-order valence-corrected chi connectivity index (χ3v) is 8.52. The molecule has 1 aromatic rings. The fourth-order valence-corrected chi connectivity index (χ4v) is 8.11. The molecule has 0 bridgehead atoms. The van der Waals surface area contributed by atoms with E-state index in [1.54, 1.807) is 0 Å². The van der Waals surface area contributed by atoms with Crippen LogP contribution < -0.4 is 10.6 Å². The number of rotatable bonds is 15. The molecule has 0 radical (unpaired) electrons. The Kier molecular flexibility index (Phi) is 17.3. The zero-order valence-corrected chi connectivity index (χ0v) is 31.1. The minimum atomic E-state index is -1.01.